The number of rotatable bonds is 4. The first-order valence-electron chi connectivity index (χ1n) is 14.4. The number of benzene rings is 6. The van der Waals surface area contributed by atoms with Gasteiger partial charge >= 0.3 is 0 Å². The molecule has 1 aliphatic rings. The van der Waals surface area contributed by atoms with Crippen molar-refractivity contribution >= 4 is 39.0 Å². The van der Waals surface area contributed by atoms with Gasteiger partial charge in [-0.25, -0.2) is 15.0 Å². The molecule has 0 saturated carbocycles. The van der Waals surface area contributed by atoms with Crippen LogP contribution in [0, 0.1) is 10.8 Å². The van der Waals surface area contributed by atoms with Crippen LogP contribution in [0.4, 0.5) is 0 Å². The van der Waals surface area contributed by atoms with Gasteiger partial charge in [-0.15, -0.1) is 0 Å². The average molecular weight is 564 g/mol. The molecule has 44 heavy (non-hydrogen) atoms. The summed E-state index contributed by atoms with van der Waals surface area (Å²) < 4.78 is 0. The summed E-state index contributed by atoms with van der Waals surface area (Å²) in [5.74, 6) is 1.84. The van der Waals surface area contributed by atoms with E-state index in [0.29, 0.717) is 17.5 Å². The quantitative estimate of drug-likeness (QED) is 0.224. The van der Waals surface area contributed by atoms with Gasteiger partial charge in [0.2, 0.25) is 0 Å². The van der Waals surface area contributed by atoms with Crippen molar-refractivity contribution in [3.8, 4) is 45.3 Å². The van der Waals surface area contributed by atoms with Crippen LogP contribution in [0.5, 0.6) is 0 Å². The Morgan fingerprint density at radius 3 is 1.82 bits per heavy atom. The molecule has 0 saturated heterocycles. The van der Waals surface area contributed by atoms with Crippen molar-refractivity contribution in [1.82, 2.24) is 15.0 Å². The molecule has 7 aromatic rings. The molecule has 0 aliphatic heterocycles. The third kappa shape index (κ3) is 4.48. The monoisotopic (exact) mass is 563 g/mol. The molecule has 8 rings (SSSR count). The fourth-order valence-corrected chi connectivity index (χ4v) is 5.84. The molecule has 1 aromatic heterocycles. The molecule has 2 N–H and O–H groups in total. The van der Waals surface area contributed by atoms with Crippen LogP contribution in [0.15, 0.2) is 133 Å². The van der Waals surface area contributed by atoms with Crippen molar-refractivity contribution in [1.29, 1.82) is 10.8 Å². The van der Waals surface area contributed by atoms with Gasteiger partial charge in [-0.3, -0.25) is 10.8 Å². The number of hydrogen-bond acceptors (Lipinski definition) is 5. The predicted octanol–water partition coefficient (Wildman–Crippen LogP) is 9.26. The second kappa shape index (κ2) is 10.3. The molecule has 1 heterocycles. The molecule has 0 unspecified atom stereocenters. The summed E-state index contributed by atoms with van der Waals surface area (Å²) in [5, 5.41) is 21.1. The van der Waals surface area contributed by atoms with Crippen molar-refractivity contribution in [2.75, 3.05) is 0 Å². The number of fused-ring (bicyclic) bond motifs is 4. The number of nitrogens with one attached hydrogen (secondary N) is 2. The highest BCUT2D eigenvalue weighted by Crippen LogP contribution is 2.33. The van der Waals surface area contributed by atoms with Gasteiger partial charge in [0.1, 0.15) is 0 Å². The fraction of sp³-hybridized carbons (Fsp3) is 0. The Kier molecular flexibility index (Phi) is 6.02. The average Bonchev–Trinajstić information content (AvgIpc) is 3.09. The van der Waals surface area contributed by atoms with E-state index < -0.39 is 0 Å². The zero-order chi connectivity index (χ0) is 29.6. The Hall–Kier alpha value is -6.07. The van der Waals surface area contributed by atoms with E-state index in [9.17, 15) is 0 Å². The van der Waals surface area contributed by atoms with E-state index in [1.165, 1.54) is 5.39 Å². The van der Waals surface area contributed by atoms with E-state index in [1.807, 2.05) is 66.7 Å². The van der Waals surface area contributed by atoms with Gasteiger partial charge in [0.15, 0.2) is 17.5 Å². The second-order valence-electron chi connectivity index (χ2n) is 10.9. The number of allylic oxidation sites excluding steroid dienone is 1. The maximum atomic E-state index is 8.61. The van der Waals surface area contributed by atoms with Crippen molar-refractivity contribution in [2.24, 2.45) is 0 Å². The zero-order valence-electron chi connectivity index (χ0n) is 23.6. The van der Waals surface area contributed by atoms with Gasteiger partial charge in [-0.1, -0.05) is 115 Å². The maximum absolute atomic E-state index is 8.61. The third-order valence-electron chi connectivity index (χ3n) is 8.13. The smallest absolute Gasteiger partial charge is 0.164 e. The molecule has 6 aromatic carbocycles. The Balaban J connectivity index is 1.27. The second-order valence-corrected chi connectivity index (χ2v) is 10.9. The lowest BCUT2D eigenvalue weighted by atomic mass is 9.88. The lowest BCUT2D eigenvalue weighted by Crippen LogP contribution is -2.16. The highest BCUT2D eigenvalue weighted by atomic mass is 15.0. The first-order valence-corrected chi connectivity index (χ1v) is 14.4. The molecule has 0 spiro atoms. The van der Waals surface area contributed by atoms with Gasteiger partial charge in [0.25, 0.3) is 0 Å². The van der Waals surface area contributed by atoms with Crippen LogP contribution in [0.2, 0.25) is 0 Å². The normalized spacial score (nSPS) is 12.5. The van der Waals surface area contributed by atoms with E-state index >= 15 is 0 Å². The lowest BCUT2D eigenvalue weighted by molar-refractivity contribution is 1.07. The summed E-state index contributed by atoms with van der Waals surface area (Å²) in [6.45, 7) is 0. The summed E-state index contributed by atoms with van der Waals surface area (Å²) in [5.41, 5.74) is 7.02. The van der Waals surface area contributed by atoms with Crippen LogP contribution in [0.3, 0.4) is 0 Å². The summed E-state index contributed by atoms with van der Waals surface area (Å²) in [6, 6.07) is 43.2. The molecule has 0 radical (unpaired) electrons. The summed E-state index contributed by atoms with van der Waals surface area (Å²) in [6.07, 6.45) is 3.61. The van der Waals surface area contributed by atoms with Crippen LogP contribution < -0.4 is 0 Å². The van der Waals surface area contributed by atoms with E-state index in [-0.39, 0.29) is 11.4 Å². The molecule has 1 aliphatic carbocycles. The minimum atomic E-state index is 0.226. The Labute approximate surface area is 254 Å². The SMILES string of the molecule is N=C1C=Cc2ccc3ccc(-c4cccc(-c5nc(-c6ccccc6)nc(-c6ccc7ccccc7c6)n5)c4)cc3c2C1=N. The van der Waals surface area contributed by atoms with E-state index in [0.717, 1.165) is 55.1 Å². The van der Waals surface area contributed by atoms with Crippen molar-refractivity contribution in [2.45, 2.75) is 0 Å². The molecular weight excluding hydrogens is 538 g/mol. The lowest BCUT2D eigenvalue weighted by Gasteiger charge is -2.16. The van der Waals surface area contributed by atoms with Crippen LogP contribution in [-0.4, -0.2) is 26.4 Å². The molecule has 0 atom stereocenters. The van der Waals surface area contributed by atoms with Crippen LogP contribution in [-0.2, 0) is 0 Å². The molecule has 0 bridgehead atoms. The Bertz CT molecular complexity index is 2320. The first-order chi connectivity index (χ1) is 21.6. The molecule has 5 nitrogen and oxygen atoms in total. The summed E-state index contributed by atoms with van der Waals surface area (Å²) in [7, 11) is 0. The highest BCUT2D eigenvalue weighted by molar-refractivity contribution is 6.53. The number of nitrogens with zero attached hydrogens (tertiary/aromatic N) is 3. The van der Waals surface area contributed by atoms with Crippen molar-refractivity contribution in [3.63, 3.8) is 0 Å². The molecule has 5 heteroatoms. The summed E-state index contributed by atoms with van der Waals surface area (Å²) in [4.78, 5) is 14.8. The number of aromatic nitrogens is 3. The van der Waals surface area contributed by atoms with Crippen LogP contribution in [0.1, 0.15) is 11.1 Å². The molecule has 0 fully saturated rings. The standard InChI is InChI=1S/C39H25N5/c40-34-20-19-26-16-14-25-15-17-30(23-33(25)35(26)36(34)41)29-11-6-12-31(22-29)38-42-37(27-8-2-1-3-9-27)43-39(44-38)32-18-13-24-7-4-5-10-28(24)21-32/h1-23,40-41H. The van der Waals surface area contributed by atoms with Gasteiger partial charge < -0.3 is 0 Å². The predicted molar refractivity (Wildman–Crippen MR) is 180 cm³/mol. The van der Waals surface area contributed by atoms with Gasteiger partial charge in [0.05, 0.1) is 11.4 Å². The number of hydrogen-bond donors (Lipinski definition) is 2. The maximum Gasteiger partial charge on any atom is 0.164 e. The van der Waals surface area contributed by atoms with Crippen molar-refractivity contribution in [3.05, 3.63) is 145 Å². The van der Waals surface area contributed by atoms with Gasteiger partial charge in [-0.2, -0.15) is 0 Å². The van der Waals surface area contributed by atoms with Gasteiger partial charge in [0, 0.05) is 22.3 Å². The molecule has 206 valence electrons. The van der Waals surface area contributed by atoms with E-state index in [2.05, 4.69) is 66.7 Å². The zero-order valence-corrected chi connectivity index (χ0v) is 23.6. The Morgan fingerprint density at radius 1 is 0.409 bits per heavy atom. The first kappa shape index (κ1) is 25.6. The largest absolute Gasteiger partial charge is 0.299 e. The minimum Gasteiger partial charge on any atom is -0.299 e. The van der Waals surface area contributed by atoms with Crippen LogP contribution >= 0.6 is 0 Å². The highest BCUT2D eigenvalue weighted by Gasteiger charge is 2.18. The minimum absolute atomic E-state index is 0.226. The topological polar surface area (TPSA) is 86.4 Å². The third-order valence-corrected chi connectivity index (χ3v) is 8.13. The molecular formula is C39H25N5. The summed E-state index contributed by atoms with van der Waals surface area (Å²) >= 11 is 0. The van der Waals surface area contributed by atoms with Crippen LogP contribution in [0.25, 0.3) is 72.9 Å². The van der Waals surface area contributed by atoms with Gasteiger partial charge in [-0.05, 0) is 62.5 Å². The Morgan fingerprint density at radius 2 is 1.00 bits per heavy atom. The van der Waals surface area contributed by atoms with Crippen molar-refractivity contribution < 1.29 is 0 Å². The fourth-order valence-electron chi connectivity index (χ4n) is 5.84. The van der Waals surface area contributed by atoms with E-state index in [1.54, 1.807) is 6.08 Å². The molecule has 0 amide bonds. The van der Waals surface area contributed by atoms with E-state index in [4.69, 9.17) is 25.8 Å².